The first-order chi connectivity index (χ1) is 8.63. The van der Waals surface area contributed by atoms with Crippen molar-refractivity contribution >= 4 is 11.7 Å². The molecule has 0 radical (unpaired) electrons. The largest absolute Gasteiger partial charge is 0.372 e. The average molecular weight is 247 g/mol. The van der Waals surface area contributed by atoms with Crippen LogP contribution in [-0.4, -0.2) is 35.4 Å². The molecule has 0 bridgehead atoms. The highest BCUT2D eigenvalue weighted by molar-refractivity contribution is 5.98. The van der Waals surface area contributed by atoms with E-state index in [1.807, 2.05) is 17.0 Å². The minimum absolute atomic E-state index is 0.0781. The summed E-state index contributed by atoms with van der Waals surface area (Å²) in [5.74, 6) is 1.43. The van der Waals surface area contributed by atoms with E-state index in [4.69, 9.17) is 0 Å². The molecule has 18 heavy (non-hydrogen) atoms. The number of aromatic nitrogens is 1. The van der Waals surface area contributed by atoms with E-state index in [0.717, 1.165) is 6.54 Å². The minimum Gasteiger partial charge on any atom is -0.372 e. The number of anilines is 1. The second-order valence-electron chi connectivity index (χ2n) is 5.14. The van der Waals surface area contributed by atoms with Gasteiger partial charge in [0, 0.05) is 25.8 Å². The van der Waals surface area contributed by atoms with Gasteiger partial charge in [0.05, 0.1) is 5.56 Å². The van der Waals surface area contributed by atoms with Crippen molar-refractivity contribution in [2.75, 3.05) is 18.9 Å². The summed E-state index contributed by atoms with van der Waals surface area (Å²) < 4.78 is 0. The molecule has 1 saturated carbocycles. The molecule has 0 aromatic carbocycles. The Hall–Kier alpha value is -1.58. The van der Waals surface area contributed by atoms with Crippen molar-refractivity contribution in [3.05, 3.63) is 23.9 Å². The minimum atomic E-state index is 0.0781. The Labute approximate surface area is 108 Å². The third kappa shape index (κ3) is 2.81. The Morgan fingerprint density at radius 3 is 2.83 bits per heavy atom. The van der Waals surface area contributed by atoms with Gasteiger partial charge in [0.1, 0.15) is 5.82 Å². The van der Waals surface area contributed by atoms with Crippen molar-refractivity contribution in [3.63, 3.8) is 0 Å². The van der Waals surface area contributed by atoms with Crippen LogP contribution in [0.25, 0.3) is 0 Å². The molecule has 1 fully saturated rings. The summed E-state index contributed by atoms with van der Waals surface area (Å²) in [5, 5.41) is 2.98. The Morgan fingerprint density at radius 1 is 1.56 bits per heavy atom. The molecule has 1 N–H and O–H groups in total. The van der Waals surface area contributed by atoms with Gasteiger partial charge in [0.15, 0.2) is 0 Å². The zero-order valence-electron chi connectivity index (χ0n) is 11.3. The fourth-order valence-corrected chi connectivity index (χ4v) is 2.04. The number of hydrogen-bond acceptors (Lipinski definition) is 3. The summed E-state index contributed by atoms with van der Waals surface area (Å²) in [4.78, 5) is 18.7. The van der Waals surface area contributed by atoms with Crippen LogP contribution in [0, 0.1) is 5.92 Å². The standard InChI is InChI=1S/C14H21N3O/c1-10(2)17(9-11-6-7-11)14(18)12-5-4-8-16-13(12)15-3/h4-5,8,10-11H,6-7,9H2,1-3H3,(H,15,16). The molecule has 1 aliphatic carbocycles. The van der Waals surface area contributed by atoms with Crippen LogP contribution in [0.3, 0.4) is 0 Å². The van der Waals surface area contributed by atoms with Gasteiger partial charge < -0.3 is 10.2 Å². The predicted molar refractivity (Wildman–Crippen MR) is 72.7 cm³/mol. The summed E-state index contributed by atoms with van der Waals surface area (Å²) in [6.45, 7) is 5.00. The number of amides is 1. The van der Waals surface area contributed by atoms with Gasteiger partial charge in [-0.05, 0) is 44.7 Å². The zero-order chi connectivity index (χ0) is 13.1. The van der Waals surface area contributed by atoms with E-state index >= 15 is 0 Å². The summed E-state index contributed by atoms with van der Waals surface area (Å²) in [6.07, 6.45) is 4.20. The van der Waals surface area contributed by atoms with Gasteiger partial charge in [-0.15, -0.1) is 0 Å². The number of rotatable bonds is 5. The molecule has 0 spiro atoms. The lowest BCUT2D eigenvalue weighted by molar-refractivity contribution is 0.0697. The Kier molecular flexibility index (Phi) is 3.84. The highest BCUT2D eigenvalue weighted by Crippen LogP contribution is 2.31. The van der Waals surface area contributed by atoms with E-state index in [0.29, 0.717) is 17.3 Å². The second kappa shape index (κ2) is 5.38. The SMILES string of the molecule is CNc1ncccc1C(=O)N(CC1CC1)C(C)C. The molecule has 2 rings (SSSR count). The molecule has 0 atom stereocenters. The third-order valence-electron chi connectivity index (χ3n) is 3.31. The lowest BCUT2D eigenvalue weighted by Crippen LogP contribution is -2.38. The van der Waals surface area contributed by atoms with E-state index in [-0.39, 0.29) is 11.9 Å². The summed E-state index contributed by atoms with van der Waals surface area (Å²) in [6, 6.07) is 3.87. The van der Waals surface area contributed by atoms with Crippen LogP contribution in [0.4, 0.5) is 5.82 Å². The lowest BCUT2D eigenvalue weighted by Gasteiger charge is -2.27. The Bertz CT molecular complexity index is 427. The number of pyridine rings is 1. The summed E-state index contributed by atoms with van der Waals surface area (Å²) in [5.41, 5.74) is 0.661. The second-order valence-corrected chi connectivity index (χ2v) is 5.14. The maximum Gasteiger partial charge on any atom is 0.257 e. The van der Waals surface area contributed by atoms with E-state index in [9.17, 15) is 4.79 Å². The van der Waals surface area contributed by atoms with E-state index in [1.54, 1.807) is 13.2 Å². The molecule has 4 heteroatoms. The van der Waals surface area contributed by atoms with E-state index < -0.39 is 0 Å². The van der Waals surface area contributed by atoms with E-state index in [1.165, 1.54) is 12.8 Å². The third-order valence-corrected chi connectivity index (χ3v) is 3.31. The van der Waals surface area contributed by atoms with Crippen LogP contribution >= 0.6 is 0 Å². The normalized spacial score (nSPS) is 14.7. The Morgan fingerprint density at radius 2 is 2.28 bits per heavy atom. The molecule has 1 aromatic heterocycles. The molecule has 1 heterocycles. The van der Waals surface area contributed by atoms with Crippen LogP contribution in [0.1, 0.15) is 37.0 Å². The van der Waals surface area contributed by atoms with Crippen molar-refractivity contribution in [1.29, 1.82) is 0 Å². The van der Waals surface area contributed by atoms with Crippen molar-refractivity contribution in [1.82, 2.24) is 9.88 Å². The van der Waals surface area contributed by atoms with Gasteiger partial charge >= 0.3 is 0 Å². The maximum absolute atomic E-state index is 12.6. The monoisotopic (exact) mass is 247 g/mol. The van der Waals surface area contributed by atoms with Crippen LogP contribution in [0.15, 0.2) is 18.3 Å². The molecular formula is C14H21N3O. The van der Waals surface area contributed by atoms with Crippen molar-refractivity contribution in [3.8, 4) is 0 Å². The fraction of sp³-hybridized carbons (Fsp3) is 0.571. The van der Waals surface area contributed by atoms with Gasteiger partial charge in [-0.1, -0.05) is 0 Å². The number of nitrogens with zero attached hydrogens (tertiary/aromatic N) is 2. The number of carbonyl (C=O) groups excluding carboxylic acids is 1. The van der Waals surface area contributed by atoms with Gasteiger partial charge in [-0.2, -0.15) is 0 Å². The summed E-state index contributed by atoms with van der Waals surface area (Å²) >= 11 is 0. The quantitative estimate of drug-likeness (QED) is 0.869. The van der Waals surface area contributed by atoms with Crippen LogP contribution in [-0.2, 0) is 0 Å². The summed E-state index contributed by atoms with van der Waals surface area (Å²) in [7, 11) is 1.79. The first-order valence-electron chi connectivity index (χ1n) is 6.57. The lowest BCUT2D eigenvalue weighted by atomic mass is 10.1. The molecule has 1 aromatic rings. The van der Waals surface area contributed by atoms with E-state index in [2.05, 4.69) is 24.1 Å². The van der Waals surface area contributed by atoms with Crippen molar-refractivity contribution in [2.24, 2.45) is 5.92 Å². The molecule has 1 amide bonds. The molecule has 0 aliphatic heterocycles. The van der Waals surface area contributed by atoms with Crippen molar-refractivity contribution in [2.45, 2.75) is 32.7 Å². The topological polar surface area (TPSA) is 45.2 Å². The maximum atomic E-state index is 12.6. The van der Waals surface area contributed by atoms with Gasteiger partial charge in [-0.25, -0.2) is 4.98 Å². The van der Waals surface area contributed by atoms with Crippen LogP contribution < -0.4 is 5.32 Å². The number of nitrogens with one attached hydrogen (secondary N) is 1. The molecule has 4 nitrogen and oxygen atoms in total. The first kappa shape index (κ1) is 12.9. The van der Waals surface area contributed by atoms with Crippen LogP contribution in [0.5, 0.6) is 0 Å². The molecule has 1 aliphatic rings. The first-order valence-corrected chi connectivity index (χ1v) is 6.57. The van der Waals surface area contributed by atoms with Gasteiger partial charge in [-0.3, -0.25) is 4.79 Å². The van der Waals surface area contributed by atoms with Crippen LogP contribution in [0.2, 0.25) is 0 Å². The zero-order valence-corrected chi connectivity index (χ0v) is 11.3. The predicted octanol–water partition coefficient (Wildman–Crippen LogP) is 2.38. The molecular weight excluding hydrogens is 226 g/mol. The Balaban J connectivity index is 2.20. The van der Waals surface area contributed by atoms with Gasteiger partial charge in [0.25, 0.3) is 5.91 Å². The fourth-order valence-electron chi connectivity index (χ4n) is 2.04. The smallest absolute Gasteiger partial charge is 0.257 e. The average Bonchev–Trinajstić information content (AvgIpc) is 3.18. The molecule has 0 saturated heterocycles. The highest BCUT2D eigenvalue weighted by atomic mass is 16.2. The number of hydrogen-bond donors (Lipinski definition) is 1. The van der Waals surface area contributed by atoms with Crippen molar-refractivity contribution < 1.29 is 4.79 Å². The molecule has 98 valence electrons. The number of carbonyl (C=O) groups is 1. The van der Waals surface area contributed by atoms with Gasteiger partial charge in [0.2, 0.25) is 0 Å². The molecule has 0 unspecified atom stereocenters. The highest BCUT2D eigenvalue weighted by Gasteiger charge is 2.29.